The van der Waals surface area contributed by atoms with Gasteiger partial charge in [-0.3, -0.25) is 0 Å². The van der Waals surface area contributed by atoms with Crippen molar-refractivity contribution in [3.05, 3.63) is 260 Å². The Bertz CT molecular complexity index is 3120. The highest BCUT2D eigenvalue weighted by molar-refractivity contribution is 14.1. The Morgan fingerprint density at radius 1 is 0.358 bits per heavy atom. The number of phenolic OH excluding ortho intramolecular Hbond substituents is 4. The van der Waals surface area contributed by atoms with Gasteiger partial charge in [-0.05, 0) is 144 Å². The van der Waals surface area contributed by atoms with E-state index >= 15 is 0 Å². The summed E-state index contributed by atoms with van der Waals surface area (Å²) in [5.41, 5.74) is 11.3. The van der Waals surface area contributed by atoms with E-state index in [2.05, 4.69) is 98.0 Å². The molecule has 9 rings (SSSR count). The number of rotatable bonds is 17. The summed E-state index contributed by atoms with van der Waals surface area (Å²) in [5, 5.41) is 36.5. The molecule has 4 N–H and O–H groups in total. The molecule has 0 atom stereocenters. The minimum atomic E-state index is 0.0880. The largest absolute Gasteiger partial charge is 0.508 e. The fourth-order valence-electron chi connectivity index (χ4n) is 7.54. The second-order valence-corrected chi connectivity index (χ2v) is 19.0. The van der Waals surface area contributed by atoms with Crippen molar-refractivity contribution in [2.75, 3.05) is 55.6 Å². The van der Waals surface area contributed by atoms with Crippen molar-refractivity contribution in [3.8, 4) is 57.1 Å². The van der Waals surface area contributed by atoms with Gasteiger partial charge in [-0.15, -0.1) is 0 Å². The van der Waals surface area contributed by atoms with Crippen LogP contribution in [0.3, 0.4) is 0 Å². The number of benzene rings is 9. The number of aryl methyl sites for hydroxylation is 4. The van der Waals surface area contributed by atoms with E-state index in [0.29, 0.717) is 25.6 Å². The molecule has 0 aliphatic heterocycles. The third kappa shape index (κ3) is 24.5. The molecule has 0 aliphatic rings. The number of hydrogen-bond acceptors (Lipinski definition) is 12. The van der Waals surface area contributed by atoms with Crippen LogP contribution in [0.1, 0.15) is 44.5 Å². The molecule has 0 aliphatic carbocycles. The van der Waals surface area contributed by atoms with E-state index in [1.165, 1.54) is 51.6 Å². The van der Waals surface area contributed by atoms with Crippen molar-refractivity contribution >= 4 is 22.6 Å². The summed E-state index contributed by atoms with van der Waals surface area (Å²) in [6, 6.07) is 67.0. The molecule has 0 bridgehead atoms. The topological polar surface area (TPSA) is 155 Å². The molecule has 0 unspecified atom stereocenters. The molecule has 0 amide bonds. The Balaban J connectivity index is 0.000000213. The Hall–Kier alpha value is -8.05. The van der Waals surface area contributed by atoms with E-state index in [0.717, 1.165) is 49.7 Å². The molecule has 0 aromatic heterocycles. The molecule has 13 heteroatoms. The first kappa shape index (κ1) is 65.5. The normalized spacial score (nSPS) is 9.99. The van der Waals surface area contributed by atoms with Crippen LogP contribution in [0, 0.1) is 31.3 Å². The average Bonchev–Trinajstić information content (AvgIpc) is 3.49. The maximum absolute atomic E-state index is 9.59. The minimum absolute atomic E-state index is 0.0880. The number of aromatic hydroxyl groups is 4. The van der Waals surface area contributed by atoms with Crippen LogP contribution in [0.15, 0.2) is 212 Å². The van der Waals surface area contributed by atoms with Crippen molar-refractivity contribution in [1.82, 2.24) is 0 Å². The number of ether oxygens (including phenoxy) is 8. The molecule has 0 spiro atoms. The maximum atomic E-state index is 9.59. The van der Waals surface area contributed by atoms with Gasteiger partial charge in [-0.2, -0.15) is 0 Å². The number of phenols is 4. The summed E-state index contributed by atoms with van der Waals surface area (Å²) in [6.07, 6.45) is 1.42. The third-order valence-corrected chi connectivity index (χ3v) is 12.9. The lowest BCUT2D eigenvalue weighted by atomic mass is 10.00. The molecule has 9 aromatic carbocycles. The number of hydrogen-bond donors (Lipinski definition) is 4. The van der Waals surface area contributed by atoms with Gasteiger partial charge in [0.2, 0.25) is 0 Å². The quantitative estimate of drug-likeness (QED) is 0.0507. The Morgan fingerprint density at radius 2 is 0.778 bits per heavy atom. The van der Waals surface area contributed by atoms with Crippen LogP contribution >= 0.6 is 22.6 Å². The predicted molar refractivity (Wildman–Crippen MR) is 331 cm³/mol. The smallest absolute Gasteiger partial charge is 0.188 e. The second-order valence-electron chi connectivity index (χ2n) is 17.9. The fraction of sp³-hybridized carbons (Fsp3) is 0.206. The third-order valence-electron chi connectivity index (χ3n) is 11.6. The molecule has 12 nitrogen and oxygen atoms in total. The number of halogens is 1. The van der Waals surface area contributed by atoms with Crippen LogP contribution in [-0.4, -0.2) is 76.0 Å². The zero-order chi connectivity index (χ0) is 58.6. The zero-order valence-electron chi connectivity index (χ0n) is 47.4. The van der Waals surface area contributed by atoms with Crippen molar-refractivity contribution < 1.29 is 58.3 Å². The van der Waals surface area contributed by atoms with Crippen molar-refractivity contribution in [3.63, 3.8) is 0 Å². The van der Waals surface area contributed by atoms with Crippen LogP contribution in [0.4, 0.5) is 0 Å². The van der Waals surface area contributed by atoms with Crippen LogP contribution in [0.5, 0.6) is 46.0 Å². The van der Waals surface area contributed by atoms with E-state index in [-0.39, 0.29) is 36.6 Å². The van der Waals surface area contributed by atoms with E-state index < -0.39 is 0 Å². The maximum Gasteiger partial charge on any atom is 0.188 e. The highest BCUT2D eigenvalue weighted by Crippen LogP contribution is 2.33. The summed E-state index contributed by atoms with van der Waals surface area (Å²) < 4.78 is 42.4. The average molecular weight is 1210 g/mol. The van der Waals surface area contributed by atoms with Crippen molar-refractivity contribution in [1.29, 1.82) is 0 Å². The molecule has 0 saturated carbocycles. The highest BCUT2D eigenvalue weighted by Gasteiger charge is 2.11. The van der Waals surface area contributed by atoms with Gasteiger partial charge in [0.15, 0.2) is 27.2 Å². The van der Waals surface area contributed by atoms with Crippen molar-refractivity contribution in [2.24, 2.45) is 0 Å². The fourth-order valence-corrected chi connectivity index (χ4v) is 8.06. The Morgan fingerprint density at radius 3 is 1.30 bits per heavy atom. The minimum Gasteiger partial charge on any atom is -0.508 e. The molecule has 81 heavy (non-hydrogen) atoms. The molecule has 9 aromatic rings. The van der Waals surface area contributed by atoms with E-state index in [1.807, 2.05) is 122 Å². The first-order chi connectivity index (χ1) is 39.3. The summed E-state index contributed by atoms with van der Waals surface area (Å²) in [5.74, 6) is 3.95. The van der Waals surface area contributed by atoms with Gasteiger partial charge in [0.25, 0.3) is 0 Å². The monoisotopic (exact) mass is 1210 g/mol. The molecule has 0 fully saturated rings. The Labute approximate surface area is 491 Å². The van der Waals surface area contributed by atoms with Gasteiger partial charge in [0, 0.05) is 64.0 Å². The lowest BCUT2D eigenvalue weighted by molar-refractivity contribution is 0.0503. The lowest BCUT2D eigenvalue weighted by Gasteiger charge is -2.13. The summed E-state index contributed by atoms with van der Waals surface area (Å²) in [4.78, 5) is 0. The summed E-state index contributed by atoms with van der Waals surface area (Å²) in [6.45, 7) is 9.44. The van der Waals surface area contributed by atoms with E-state index in [9.17, 15) is 10.2 Å². The van der Waals surface area contributed by atoms with Gasteiger partial charge in [0.1, 0.15) is 46.0 Å². The van der Waals surface area contributed by atoms with Crippen LogP contribution < -0.4 is 18.9 Å². The molecule has 0 heterocycles. The van der Waals surface area contributed by atoms with Crippen LogP contribution in [0.2, 0.25) is 0 Å². The summed E-state index contributed by atoms with van der Waals surface area (Å²) >= 11 is 2.26. The van der Waals surface area contributed by atoms with Crippen LogP contribution in [-0.2, 0) is 31.8 Å². The zero-order valence-corrected chi connectivity index (χ0v) is 49.5. The highest BCUT2D eigenvalue weighted by atomic mass is 127. The second kappa shape index (κ2) is 37.8. The van der Waals surface area contributed by atoms with E-state index in [4.69, 9.17) is 48.1 Å². The lowest BCUT2D eigenvalue weighted by Crippen LogP contribution is -2.03. The predicted octanol–water partition coefficient (Wildman–Crippen LogP) is 15.6. The molecule has 0 radical (unpaired) electrons. The van der Waals surface area contributed by atoms with Crippen LogP contribution in [0.25, 0.3) is 11.1 Å². The van der Waals surface area contributed by atoms with E-state index in [1.54, 1.807) is 52.7 Å². The van der Waals surface area contributed by atoms with Gasteiger partial charge < -0.3 is 58.3 Å². The molecular weight excluding hydrogens is 1140 g/mol. The molecular formula is C68H75IO12. The number of methoxy groups -OCH3 is 4. The van der Waals surface area contributed by atoms with Gasteiger partial charge in [0.05, 0.1) is 3.57 Å². The van der Waals surface area contributed by atoms with Gasteiger partial charge >= 0.3 is 0 Å². The summed E-state index contributed by atoms with van der Waals surface area (Å²) in [7, 11) is 6.48. The standard InChI is InChI=1S/C16H18O2.C15H16O2.C13H12O2.C9H11IO2.C9H12O2.C6H6O2/c1-13-7-6-10-16(18-12-17-2)15(13)11-14-8-4-3-5-9-14;1-12-7-6-10-14(17-11-16-2)15(12)13-8-4-3-5-9-13;14-12-7-4-8-13(15)11(12)9-10-5-2-1-3-6-10;1-7-4-3-5-8(9(7)10)12-6-11-2;1-8-4-3-5-9(6-8)11-7-10-2;7-5-2-1-3-6(8)4-5/h3-10H,11-12H2,1-2H3;3-10H,11H2,1-2H3;1-8,14-15H,9H2;3-5H,6H2,1-2H3;3-6H,7H2,1-2H3;1-4,7-8H. The molecule has 0 saturated heterocycles. The Kier molecular flexibility index (Phi) is 30.5. The first-order valence-electron chi connectivity index (χ1n) is 25.9. The SMILES string of the molecule is COCOc1cccc(C)c1.COCOc1cccc(C)c1-c1ccccc1.COCOc1cccc(C)c1Cc1ccccc1.COCOc1cccc(C)c1I.Oc1cccc(O)c1.Oc1cccc(O)c1Cc1ccccc1. The van der Waals surface area contributed by atoms with Crippen molar-refractivity contribution in [2.45, 2.75) is 40.5 Å². The molecule has 426 valence electrons. The van der Waals surface area contributed by atoms with Gasteiger partial charge in [-0.25, -0.2) is 0 Å². The first-order valence-corrected chi connectivity index (χ1v) is 26.9. The van der Waals surface area contributed by atoms with Gasteiger partial charge in [-0.1, -0.05) is 152 Å².